The van der Waals surface area contributed by atoms with Gasteiger partial charge in [0.25, 0.3) is 0 Å². The lowest BCUT2D eigenvalue weighted by Crippen LogP contribution is -2.51. The minimum Gasteiger partial charge on any atom is -0.396 e. The predicted molar refractivity (Wildman–Crippen MR) is 54.3 cm³/mol. The minimum absolute atomic E-state index is 0.323. The van der Waals surface area contributed by atoms with Crippen molar-refractivity contribution >= 4 is 0 Å². The molecule has 0 saturated heterocycles. The summed E-state index contributed by atoms with van der Waals surface area (Å²) in [6, 6.07) is 0. The molecule has 0 aromatic heterocycles. The van der Waals surface area contributed by atoms with Crippen molar-refractivity contribution in [2.24, 2.45) is 23.2 Å². The van der Waals surface area contributed by atoms with Gasteiger partial charge in [0.15, 0.2) is 0 Å². The molecule has 0 amide bonds. The van der Waals surface area contributed by atoms with Crippen LogP contribution in [0.3, 0.4) is 0 Å². The van der Waals surface area contributed by atoms with Gasteiger partial charge in [0, 0.05) is 6.61 Å². The van der Waals surface area contributed by atoms with Crippen LogP contribution in [0.2, 0.25) is 0 Å². The molecule has 3 fully saturated rings. The van der Waals surface area contributed by atoms with Gasteiger partial charge in [-0.05, 0) is 42.4 Å². The van der Waals surface area contributed by atoms with Gasteiger partial charge >= 0.3 is 0 Å². The normalized spacial score (nSPS) is 41.5. The quantitative estimate of drug-likeness (QED) is 0.648. The second-order valence-electron chi connectivity index (χ2n) is 5.33. The Bertz CT molecular complexity index is 229. The third kappa shape index (κ3) is 1.17. The average Bonchev–Trinajstić information content (AvgIpc) is 2.08. The minimum atomic E-state index is 0.323. The third-order valence-electron chi connectivity index (χ3n) is 4.49. The van der Waals surface area contributed by atoms with E-state index >= 15 is 0 Å². The molecule has 3 atom stereocenters. The lowest BCUT2D eigenvalue weighted by Gasteiger charge is -2.60. The topological polar surface area (TPSA) is 20.2 Å². The van der Waals surface area contributed by atoms with Crippen LogP contribution in [0.4, 0.5) is 0 Å². The predicted octanol–water partition coefficient (Wildman–Crippen LogP) is 2.61. The number of aliphatic hydroxyl groups is 1. The molecule has 0 aromatic rings. The maximum absolute atomic E-state index is 8.93. The van der Waals surface area contributed by atoms with Crippen LogP contribution in [-0.4, -0.2) is 11.7 Å². The highest BCUT2D eigenvalue weighted by Gasteiger charge is 2.54. The molecule has 3 saturated carbocycles. The molecule has 1 nitrogen and oxygen atoms in total. The number of aliphatic hydroxyl groups excluding tert-OH is 1. The Labute approximate surface area is 80.8 Å². The smallest absolute Gasteiger partial charge is 0.0436 e. The molecule has 0 spiro atoms. The zero-order valence-corrected chi connectivity index (χ0v) is 8.71. The Balaban J connectivity index is 2.08. The largest absolute Gasteiger partial charge is 0.396 e. The second kappa shape index (κ2) is 2.84. The highest BCUT2D eigenvalue weighted by atomic mass is 16.3. The molecule has 13 heavy (non-hydrogen) atoms. The summed E-state index contributed by atoms with van der Waals surface area (Å²) >= 11 is 0. The van der Waals surface area contributed by atoms with Crippen LogP contribution in [0.15, 0.2) is 12.2 Å². The second-order valence-corrected chi connectivity index (χ2v) is 5.33. The summed E-state index contributed by atoms with van der Waals surface area (Å²) in [5.41, 5.74) is 1.92. The van der Waals surface area contributed by atoms with Gasteiger partial charge in [-0.3, -0.25) is 0 Å². The van der Waals surface area contributed by atoms with E-state index in [1.54, 1.807) is 0 Å². The van der Waals surface area contributed by atoms with Crippen molar-refractivity contribution in [1.82, 2.24) is 0 Å². The first kappa shape index (κ1) is 9.26. The molecule has 0 aliphatic heterocycles. The summed E-state index contributed by atoms with van der Waals surface area (Å²) < 4.78 is 0. The van der Waals surface area contributed by atoms with Crippen molar-refractivity contribution in [3.63, 3.8) is 0 Å². The highest BCUT2D eigenvalue weighted by Crippen LogP contribution is 2.62. The first-order chi connectivity index (χ1) is 6.07. The standard InChI is InChI=1S/C12H20O/c1-8-9(4-5-13)6-10-7-11(8)12(10,2)3/h9-11,13H,1,4-7H2,2-3H3/t9-,10-,11-/m1/s1. The molecular formula is C12H20O. The molecule has 1 N–H and O–H groups in total. The lowest BCUT2D eigenvalue weighted by molar-refractivity contribution is -0.0498. The number of hydrogen-bond acceptors (Lipinski definition) is 1. The van der Waals surface area contributed by atoms with Gasteiger partial charge < -0.3 is 5.11 Å². The Morgan fingerprint density at radius 1 is 1.46 bits per heavy atom. The molecule has 1 heteroatoms. The van der Waals surface area contributed by atoms with E-state index in [4.69, 9.17) is 5.11 Å². The SMILES string of the molecule is C=C1[C@H](CCO)C[C@@H]2C[C@H]1C2(C)C. The number of fused-ring (bicyclic) bond motifs is 2. The summed E-state index contributed by atoms with van der Waals surface area (Å²) in [7, 11) is 0. The van der Waals surface area contributed by atoms with Crippen LogP contribution in [0.25, 0.3) is 0 Å². The van der Waals surface area contributed by atoms with Crippen LogP contribution in [-0.2, 0) is 0 Å². The molecule has 74 valence electrons. The zero-order chi connectivity index (χ0) is 9.64. The maximum Gasteiger partial charge on any atom is 0.0436 e. The number of allylic oxidation sites excluding steroid dienone is 1. The first-order valence-electron chi connectivity index (χ1n) is 5.37. The molecule has 3 aliphatic rings. The van der Waals surface area contributed by atoms with E-state index in [1.165, 1.54) is 18.4 Å². The van der Waals surface area contributed by atoms with Crippen LogP contribution in [0.1, 0.15) is 33.1 Å². The monoisotopic (exact) mass is 180 g/mol. The Morgan fingerprint density at radius 3 is 2.62 bits per heavy atom. The molecule has 2 bridgehead atoms. The Hall–Kier alpha value is -0.300. The van der Waals surface area contributed by atoms with E-state index in [1.807, 2.05) is 0 Å². The average molecular weight is 180 g/mol. The summed E-state index contributed by atoms with van der Waals surface area (Å²) in [5.74, 6) is 2.24. The Morgan fingerprint density at radius 2 is 2.15 bits per heavy atom. The van der Waals surface area contributed by atoms with Gasteiger partial charge in [0.2, 0.25) is 0 Å². The van der Waals surface area contributed by atoms with Crippen molar-refractivity contribution in [2.45, 2.75) is 33.1 Å². The fourth-order valence-corrected chi connectivity index (χ4v) is 3.28. The van der Waals surface area contributed by atoms with Crippen LogP contribution in [0.5, 0.6) is 0 Å². The lowest BCUT2D eigenvalue weighted by atomic mass is 9.45. The molecular weight excluding hydrogens is 160 g/mol. The van der Waals surface area contributed by atoms with E-state index < -0.39 is 0 Å². The van der Waals surface area contributed by atoms with Gasteiger partial charge in [-0.2, -0.15) is 0 Å². The number of hydrogen-bond donors (Lipinski definition) is 1. The zero-order valence-electron chi connectivity index (χ0n) is 8.71. The third-order valence-corrected chi connectivity index (χ3v) is 4.49. The number of rotatable bonds is 2. The van der Waals surface area contributed by atoms with Crippen molar-refractivity contribution in [2.75, 3.05) is 6.61 Å². The van der Waals surface area contributed by atoms with Crippen molar-refractivity contribution in [1.29, 1.82) is 0 Å². The molecule has 3 aliphatic carbocycles. The maximum atomic E-state index is 8.93. The van der Waals surface area contributed by atoms with E-state index in [0.717, 1.165) is 18.3 Å². The van der Waals surface area contributed by atoms with Gasteiger partial charge in [-0.15, -0.1) is 0 Å². The van der Waals surface area contributed by atoms with Gasteiger partial charge in [-0.1, -0.05) is 26.0 Å². The first-order valence-corrected chi connectivity index (χ1v) is 5.37. The van der Waals surface area contributed by atoms with Crippen LogP contribution < -0.4 is 0 Å². The van der Waals surface area contributed by atoms with Gasteiger partial charge in [0.1, 0.15) is 0 Å². The molecule has 0 heterocycles. The molecule has 0 unspecified atom stereocenters. The summed E-state index contributed by atoms with van der Waals surface area (Å²) in [6.07, 6.45) is 3.55. The van der Waals surface area contributed by atoms with E-state index in [0.29, 0.717) is 17.9 Å². The van der Waals surface area contributed by atoms with Crippen molar-refractivity contribution in [3.8, 4) is 0 Å². The fourth-order valence-electron chi connectivity index (χ4n) is 3.28. The summed E-state index contributed by atoms with van der Waals surface area (Å²) in [4.78, 5) is 0. The van der Waals surface area contributed by atoms with Crippen LogP contribution in [0, 0.1) is 23.2 Å². The molecule has 0 aromatic carbocycles. The van der Waals surface area contributed by atoms with Gasteiger partial charge in [0.05, 0.1) is 0 Å². The molecule has 3 rings (SSSR count). The highest BCUT2D eigenvalue weighted by molar-refractivity contribution is 5.22. The van der Waals surface area contributed by atoms with Gasteiger partial charge in [-0.25, -0.2) is 0 Å². The Kier molecular flexibility index (Phi) is 2.03. The van der Waals surface area contributed by atoms with Crippen LogP contribution >= 0.6 is 0 Å². The fraction of sp³-hybridized carbons (Fsp3) is 0.833. The van der Waals surface area contributed by atoms with E-state index in [9.17, 15) is 0 Å². The summed E-state index contributed by atoms with van der Waals surface area (Å²) in [5, 5.41) is 8.93. The van der Waals surface area contributed by atoms with E-state index in [-0.39, 0.29) is 0 Å². The van der Waals surface area contributed by atoms with Crippen molar-refractivity contribution in [3.05, 3.63) is 12.2 Å². The summed E-state index contributed by atoms with van der Waals surface area (Å²) in [6.45, 7) is 9.28. The van der Waals surface area contributed by atoms with Crippen molar-refractivity contribution < 1.29 is 5.11 Å². The molecule has 0 radical (unpaired) electrons. The van der Waals surface area contributed by atoms with E-state index in [2.05, 4.69) is 20.4 Å².